The third kappa shape index (κ3) is 4.54. The van der Waals surface area contributed by atoms with Gasteiger partial charge in [-0.05, 0) is 63.3 Å². The van der Waals surface area contributed by atoms with Crippen molar-refractivity contribution < 1.29 is 9.84 Å². The summed E-state index contributed by atoms with van der Waals surface area (Å²) >= 11 is 0. The van der Waals surface area contributed by atoms with Crippen LogP contribution in [-0.4, -0.2) is 62.3 Å². The molecule has 0 spiro atoms. The van der Waals surface area contributed by atoms with Crippen molar-refractivity contribution in [2.75, 3.05) is 18.4 Å². The molecule has 2 N–H and O–H groups in total. The third-order valence-electron chi connectivity index (χ3n) is 6.69. The van der Waals surface area contributed by atoms with E-state index >= 15 is 0 Å². The molecule has 7 heteroatoms. The second-order valence-corrected chi connectivity index (χ2v) is 9.25. The first-order valence-corrected chi connectivity index (χ1v) is 11.6. The van der Waals surface area contributed by atoms with Gasteiger partial charge in [-0.15, -0.1) is 0 Å². The first-order chi connectivity index (χ1) is 15.5. The van der Waals surface area contributed by atoms with Gasteiger partial charge >= 0.3 is 0 Å². The summed E-state index contributed by atoms with van der Waals surface area (Å²) in [7, 11) is 0. The molecule has 1 aliphatic carbocycles. The van der Waals surface area contributed by atoms with Crippen LogP contribution in [0.4, 0.5) is 5.82 Å². The normalized spacial score (nSPS) is 26.8. The number of hydrogen-bond donors (Lipinski definition) is 2. The van der Waals surface area contributed by atoms with Gasteiger partial charge in [0.05, 0.1) is 23.9 Å². The Morgan fingerprint density at radius 3 is 2.50 bits per heavy atom. The Morgan fingerprint density at radius 2 is 1.75 bits per heavy atom. The van der Waals surface area contributed by atoms with Crippen LogP contribution in [0.3, 0.4) is 0 Å². The number of ether oxygens (including phenoxy) is 1. The van der Waals surface area contributed by atoms with Gasteiger partial charge in [0.1, 0.15) is 17.9 Å². The van der Waals surface area contributed by atoms with E-state index in [-0.39, 0.29) is 5.75 Å². The number of fused-ring (bicyclic) bond motifs is 1. The van der Waals surface area contributed by atoms with E-state index in [1.165, 1.54) is 19.0 Å². The first kappa shape index (κ1) is 21.1. The fourth-order valence-corrected chi connectivity index (χ4v) is 5.23. The van der Waals surface area contributed by atoms with Gasteiger partial charge in [-0.2, -0.15) is 0 Å². The van der Waals surface area contributed by atoms with Crippen molar-refractivity contribution in [2.45, 2.75) is 63.8 Å². The molecule has 5 rings (SSSR count). The second kappa shape index (κ2) is 9.00. The fourth-order valence-electron chi connectivity index (χ4n) is 5.23. The summed E-state index contributed by atoms with van der Waals surface area (Å²) in [5.74, 6) is 1.04. The van der Waals surface area contributed by atoms with Crippen LogP contribution in [-0.2, 0) is 4.74 Å². The summed E-state index contributed by atoms with van der Waals surface area (Å²) in [5.41, 5.74) is 2.76. The monoisotopic (exact) mass is 433 g/mol. The number of morpholine rings is 1. The molecule has 2 aromatic heterocycles. The molecule has 0 radical (unpaired) electrons. The van der Waals surface area contributed by atoms with Crippen LogP contribution in [0.15, 0.2) is 43.0 Å². The highest BCUT2D eigenvalue weighted by atomic mass is 16.5. The lowest BCUT2D eigenvalue weighted by molar-refractivity contribution is -0.0842. The molecule has 1 aromatic carbocycles. The molecule has 7 nitrogen and oxygen atoms in total. The highest BCUT2D eigenvalue weighted by Gasteiger charge is 2.31. The second-order valence-electron chi connectivity index (χ2n) is 9.25. The van der Waals surface area contributed by atoms with E-state index < -0.39 is 0 Å². The van der Waals surface area contributed by atoms with Gasteiger partial charge in [-0.1, -0.05) is 6.07 Å². The molecular formula is C25H31N5O2. The van der Waals surface area contributed by atoms with Gasteiger partial charge in [-0.25, -0.2) is 9.97 Å². The molecule has 1 saturated carbocycles. The van der Waals surface area contributed by atoms with Crippen molar-refractivity contribution in [3.05, 3.63) is 43.0 Å². The predicted octanol–water partition coefficient (Wildman–Crippen LogP) is 4.23. The molecule has 0 unspecified atom stereocenters. The van der Waals surface area contributed by atoms with Crippen molar-refractivity contribution in [2.24, 2.45) is 0 Å². The van der Waals surface area contributed by atoms with Crippen LogP contribution in [0.2, 0.25) is 0 Å². The fraction of sp³-hybridized carbons (Fsp3) is 0.480. The van der Waals surface area contributed by atoms with Crippen LogP contribution < -0.4 is 5.32 Å². The summed E-state index contributed by atoms with van der Waals surface area (Å²) in [5, 5.41) is 14.5. The highest BCUT2D eigenvalue weighted by Crippen LogP contribution is 2.31. The zero-order valence-corrected chi connectivity index (χ0v) is 18.7. The minimum absolute atomic E-state index is 0.158. The molecule has 2 atom stereocenters. The van der Waals surface area contributed by atoms with E-state index in [9.17, 15) is 5.11 Å². The van der Waals surface area contributed by atoms with Crippen molar-refractivity contribution in [1.82, 2.24) is 19.9 Å². The van der Waals surface area contributed by atoms with Gasteiger partial charge in [0.25, 0.3) is 0 Å². The number of hydrogen-bond acceptors (Lipinski definition) is 7. The van der Waals surface area contributed by atoms with E-state index in [0.29, 0.717) is 24.3 Å². The number of aromatic hydroxyl groups is 1. The van der Waals surface area contributed by atoms with E-state index in [4.69, 9.17) is 4.74 Å². The van der Waals surface area contributed by atoms with Crippen molar-refractivity contribution in [3.8, 4) is 16.9 Å². The quantitative estimate of drug-likeness (QED) is 0.637. The Labute approximate surface area is 188 Å². The zero-order chi connectivity index (χ0) is 22.1. The van der Waals surface area contributed by atoms with Crippen LogP contribution in [0.5, 0.6) is 5.75 Å². The molecule has 32 heavy (non-hydrogen) atoms. The summed E-state index contributed by atoms with van der Waals surface area (Å²) < 4.78 is 5.91. The molecule has 2 aliphatic rings. The van der Waals surface area contributed by atoms with Gasteiger partial charge in [0.15, 0.2) is 0 Å². The SMILES string of the molecule is C[C@@H]1CN(C2CCC(Nc3ncnc4ccc(-c5cncc(O)c5)cc34)CC2)C[C@H](C)O1. The van der Waals surface area contributed by atoms with Crippen LogP contribution in [0.25, 0.3) is 22.0 Å². The van der Waals surface area contributed by atoms with Crippen molar-refractivity contribution in [1.29, 1.82) is 0 Å². The molecule has 0 amide bonds. The first-order valence-electron chi connectivity index (χ1n) is 11.6. The number of anilines is 1. The summed E-state index contributed by atoms with van der Waals surface area (Å²) in [6, 6.07) is 8.86. The number of pyridine rings is 1. The number of rotatable bonds is 4. The van der Waals surface area contributed by atoms with Crippen LogP contribution >= 0.6 is 0 Å². The minimum Gasteiger partial charge on any atom is -0.506 e. The maximum absolute atomic E-state index is 9.79. The molecule has 3 aromatic rings. The van der Waals surface area contributed by atoms with Crippen molar-refractivity contribution in [3.63, 3.8) is 0 Å². The minimum atomic E-state index is 0.158. The van der Waals surface area contributed by atoms with E-state index in [1.807, 2.05) is 12.1 Å². The molecule has 1 saturated heterocycles. The third-order valence-corrected chi connectivity index (χ3v) is 6.69. The topological polar surface area (TPSA) is 83.4 Å². The molecular weight excluding hydrogens is 402 g/mol. The summed E-state index contributed by atoms with van der Waals surface area (Å²) in [6.45, 7) is 6.43. The molecule has 3 heterocycles. The Morgan fingerprint density at radius 1 is 0.969 bits per heavy atom. The number of nitrogens with zero attached hydrogens (tertiary/aromatic N) is 4. The largest absolute Gasteiger partial charge is 0.506 e. The van der Waals surface area contributed by atoms with Gasteiger partial charge in [0.2, 0.25) is 0 Å². The molecule has 168 valence electrons. The molecule has 0 bridgehead atoms. The predicted molar refractivity (Wildman–Crippen MR) is 126 cm³/mol. The van der Waals surface area contributed by atoms with Crippen LogP contribution in [0.1, 0.15) is 39.5 Å². The van der Waals surface area contributed by atoms with E-state index in [1.54, 1.807) is 18.6 Å². The number of aromatic nitrogens is 3. The van der Waals surface area contributed by atoms with E-state index in [0.717, 1.165) is 53.8 Å². The standard InChI is InChI=1S/C25H31N5O2/c1-16-13-30(14-17(2)32-16)21-6-4-20(5-7-21)29-25-23-10-18(3-8-24(23)27-15-28-25)19-9-22(31)12-26-11-19/h3,8-12,15-17,20-21,31H,4-7,13-14H2,1-2H3,(H,27,28,29)/t16-,17+,20?,21?. The number of benzene rings is 1. The lowest BCUT2D eigenvalue weighted by Crippen LogP contribution is -2.51. The average molecular weight is 434 g/mol. The maximum atomic E-state index is 9.79. The molecule has 1 aliphatic heterocycles. The zero-order valence-electron chi connectivity index (χ0n) is 18.7. The Hall–Kier alpha value is -2.77. The Balaban J connectivity index is 1.30. The van der Waals surface area contributed by atoms with E-state index in [2.05, 4.69) is 45.1 Å². The van der Waals surface area contributed by atoms with Gasteiger partial charge in [0, 0.05) is 42.3 Å². The maximum Gasteiger partial charge on any atom is 0.137 e. The average Bonchev–Trinajstić information content (AvgIpc) is 2.79. The van der Waals surface area contributed by atoms with Gasteiger partial charge < -0.3 is 15.2 Å². The smallest absolute Gasteiger partial charge is 0.137 e. The molecule has 2 fully saturated rings. The lowest BCUT2D eigenvalue weighted by Gasteiger charge is -2.43. The summed E-state index contributed by atoms with van der Waals surface area (Å²) in [6.07, 6.45) is 10.1. The lowest BCUT2D eigenvalue weighted by atomic mass is 9.89. The summed E-state index contributed by atoms with van der Waals surface area (Å²) in [4.78, 5) is 15.7. The Kier molecular flexibility index (Phi) is 5.93. The van der Waals surface area contributed by atoms with Crippen molar-refractivity contribution >= 4 is 16.7 Å². The number of nitrogens with one attached hydrogen (secondary N) is 1. The Bertz CT molecular complexity index is 1070. The van der Waals surface area contributed by atoms with Gasteiger partial charge in [-0.3, -0.25) is 9.88 Å². The van der Waals surface area contributed by atoms with Crippen LogP contribution in [0, 0.1) is 0 Å². The highest BCUT2D eigenvalue weighted by molar-refractivity contribution is 5.92.